The summed E-state index contributed by atoms with van der Waals surface area (Å²) in [6.07, 6.45) is 0. The molecule has 19 heavy (non-hydrogen) atoms. The van der Waals surface area contributed by atoms with Gasteiger partial charge in [0.15, 0.2) is 5.82 Å². The summed E-state index contributed by atoms with van der Waals surface area (Å²) in [6.45, 7) is 10.5. The van der Waals surface area contributed by atoms with E-state index in [2.05, 4.69) is 15.2 Å². The summed E-state index contributed by atoms with van der Waals surface area (Å²) in [7, 11) is 0. The zero-order valence-electron chi connectivity index (χ0n) is 12.0. The molecule has 2 aromatic heterocycles. The smallest absolute Gasteiger partial charge is 0.251 e. The van der Waals surface area contributed by atoms with E-state index in [0.717, 1.165) is 11.6 Å². The van der Waals surface area contributed by atoms with Gasteiger partial charge in [0.05, 0.1) is 12.3 Å². The largest absolute Gasteiger partial charge is 0.478 e. The molecule has 0 amide bonds. The molecule has 0 aliphatic heterocycles. The van der Waals surface area contributed by atoms with Crippen molar-refractivity contribution >= 4 is 0 Å². The molecule has 6 nitrogen and oxygen atoms in total. The number of ether oxygens (including phenoxy) is 1. The Kier molecular flexibility index (Phi) is 3.87. The fourth-order valence-electron chi connectivity index (χ4n) is 1.78. The Hall–Kier alpha value is -1.85. The van der Waals surface area contributed by atoms with E-state index in [4.69, 9.17) is 9.26 Å². The first-order chi connectivity index (χ1) is 9.02. The van der Waals surface area contributed by atoms with Gasteiger partial charge in [0, 0.05) is 12.0 Å². The van der Waals surface area contributed by atoms with E-state index in [1.165, 1.54) is 0 Å². The van der Waals surface area contributed by atoms with Crippen LogP contribution in [0.15, 0.2) is 10.6 Å². The molecular formula is C13H20N4O2. The Bertz CT molecular complexity index is 545. The predicted octanol–water partition coefficient (Wildman–Crippen LogP) is 2.71. The van der Waals surface area contributed by atoms with Crippen molar-refractivity contribution in [3.8, 4) is 5.88 Å². The maximum Gasteiger partial charge on any atom is 0.251 e. The second kappa shape index (κ2) is 5.42. The average Bonchev–Trinajstić information content (AvgIpc) is 2.95. The minimum absolute atomic E-state index is 0.143. The van der Waals surface area contributed by atoms with Crippen molar-refractivity contribution in [1.29, 1.82) is 0 Å². The molecule has 0 spiro atoms. The molecule has 2 aromatic rings. The van der Waals surface area contributed by atoms with E-state index in [0.29, 0.717) is 18.3 Å². The highest BCUT2D eigenvalue weighted by molar-refractivity contribution is 5.17. The molecule has 0 radical (unpaired) electrons. The third-order valence-electron chi connectivity index (χ3n) is 2.81. The van der Waals surface area contributed by atoms with Gasteiger partial charge in [-0.2, -0.15) is 10.1 Å². The van der Waals surface area contributed by atoms with Crippen LogP contribution in [-0.2, 0) is 0 Å². The van der Waals surface area contributed by atoms with E-state index < -0.39 is 0 Å². The van der Waals surface area contributed by atoms with Gasteiger partial charge < -0.3 is 9.26 Å². The van der Waals surface area contributed by atoms with Crippen molar-refractivity contribution in [3.63, 3.8) is 0 Å². The first-order valence-corrected chi connectivity index (χ1v) is 6.55. The number of aromatic nitrogens is 4. The highest BCUT2D eigenvalue weighted by Gasteiger charge is 2.21. The van der Waals surface area contributed by atoms with Gasteiger partial charge >= 0.3 is 0 Å². The summed E-state index contributed by atoms with van der Waals surface area (Å²) >= 11 is 0. The van der Waals surface area contributed by atoms with Gasteiger partial charge in [0.2, 0.25) is 5.88 Å². The summed E-state index contributed by atoms with van der Waals surface area (Å²) in [4.78, 5) is 4.40. The lowest BCUT2D eigenvalue weighted by Gasteiger charge is -2.11. The molecular weight excluding hydrogens is 244 g/mol. The number of aryl methyl sites for hydroxylation is 1. The van der Waals surface area contributed by atoms with Gasteiger partial charge in [0.1, 0.15) is 6.04 Å². The first-order valence-electron chi connectivity index (χ1n) is 6.55. The molecule has 0 aliphatic carbocycles. The zero-order valence-corrected chi connectivity index (χ0v) is 12.0. The lowest BCUT2D eigenvalue weighted by atomic mass is 10.2. The molecule has 2 heterocycles. The van der Waals surface area contributed by atoms with E-state index in [-0.39, 0.29) is 12.0 Å². The van der Waals surface area contributed by atoms with Crippen molar-refractivity contribution in [3.05, 3.63) is 23.5 Å². The van der Waals surface area contributed by atoms with E-state index in [1.54, 1.807) is 4.68 Å². The average molecular weight is 264 g/mol. The Morgan fingerprint density at radius 2 is 2.11 bits per heavy atom. The third-order valence-corrected chi connectivity index (χ3v) is 2.81. The van der Waals surface area contributed by atoms with Crippen LogP contribution in [0.5, 0.6) is 5.88 Å². The first kappa shape index (κ1) is 13.6. The molecule has 0 saturated carbocycles. The maximum atomic E-state index is 5.57. The van der Waals surface area contributed by atoms with Gasteiger partial charge in [-0.1, -0.05) is 19.0 Å². The molecule has 1 atom stereocenters. The molecule has 104 valence electrons. The molecule has 0 bridgehead atoms. The van der Waals surface area contributed by atoms with Crippen molar-refractivity contribution < 1.29 is 9.26 Å². The highest BCUT2D eigenvalue weighted by Crippen LogP contribution is 2.24. The maximum absolute atomic E-state index is 5.57. The quantitative estimate of drug-likeness (QED) is 0.830. The Labute approximate surface area is 112 Å². The summed E-state index contributed by atoms with van der Waals surface area (Å²) < 4.78 is 12.6. The zero-order chi connectivity index (χ0) is 14.0. The van der Waals surface area contributed by atoms with Gasteiger partial charge in [-0.3, -0.25) is 0 Å². The summed E-state index contributed by atoms with van der Waals surface area (Å²) in [5, 5.41) is 8.40. The number of rotatable bonds is 5. The molecule has 0 N–H and O–H groups in total. The fourth-order valence-corrected chi connectivity index (χ4v) is 1.78. The molecule has 0 saturated heterocycles. The van der Waals surface area contributed by atoms with Crippen LogP contribution in [0.2, 0.25) is 0 Å². The highest BCUT2D eigenvalue weighted by atomic mass is 16.5. The SMILES string of the molecule is CCOc1cc(C)nn1C(C)c1nc(C(C)C)no1. The van der Waals surface area contributed by atoms with Gasteiger partial charge in [-0.25, -0.2) is 4.68 Å². The molecule has 6 heteroatoms. The second-order valence-electron chi connectivity index (χ2n) is 4.82. The van der Waals surface area contributed by atoms with Crippen LogP contribution >= 0.6 is 0 Å². The van der Waals surface area contributed by atoms with Gasteiger partial charge in [-0.05, 0) is 20.8 Å². The summed E-state index contributed by atoms with van der Waals surface area (Å²) in [5.41, 5.74) is 0.902. The Morgan fingerprint density at radius 3 is 2.68 bits per heavy atom. The lowest BCUT2D eigenvalue weighted by molar-refractivity contribution is 0.275. The van der Waals surface area contributed by atoms with E-state index in [1.807, 2.05) is 40.7 Å². The van der Waals surface area contributed by atoms with Crippen molar-refractivity contribution in [2.75, 3.05) is 6.61 Å². The van der Waals surface area contributed by atoms with Crippen LogP contribution in [0, 0.1) is 6.92 Å². The van der Waals surface area contributed by atoms with Crippen molar-refractivity contribution in [1.82, 2.24) is 19.9 Å². The van der Waals surface area contributed by atoms with Crippen LogP contribution < -0.4 is 4.74 Å². The normalized spacial score (nSPS) is 12.9. The molecule has 0 aromatic carbocycles. The van der Waals surface area contributed by atoms with Gasteiger partial charge in [-0.15, -0.1) is 0 Å². The van der Waals surface area contributed by atoms with Gasteiger partial charge in [0.25, 0.3) is 5.89 Å². The minimum atomic E-state index is -0.143. The van der Waals surface area contributed by atoms with Crippen LogP contribution in [0.25, 0.3) is 0 Å². The number of hydrogen-bond acceptors (Lipinski definition) is 5. The third kappa shape index (κ3) is 2.77. The predicted molar refractivity (Wildman–Crippen MR) is 70.3 cm³/mol. The van der Waals surface area contributed by atoms with Crippen LogP contribution in [-0.4, -0.2) is 26.5 Å². The van der Waals surface area contributed by atoms with Crippen LogP contribution in [0.1, 0.15) is 57.1 Å². The Morgan fingerprint density at radius 1 is 1.37 bits per heavy atom. The lowest BCUT2D eigenvalue weighted by Crippen LogP contribution is -2.11. The number of hydrogen-bond donors (Lipinski definition) is 0. The van der Waals surface area contributed by atoms with Crippen molar-refractivity contribution in [2.24, 2.45) is 0 Å². The fraction of sp³-hybridized carbons (Fsp3) is 0.615. The Balaban J connectivity index is 2.29. The van der Waals surface area contributed by atoms with Crippen molar-refractivity contribution in [2.45, 2.75) is 46.6 Å². The molecule has 1 unspecified atom stereocenters. The monoisotopic (exact) mass is 264 g/mol. The second-order valence-corrected chi connectivity index (χ2v) is 4.82. The van der Waals surface area contributed by atoms with E-state index in [9.17, 15) is 0 Å². The molecule has 0 aliphatic rings. The topological polar surface area (TPSA) is 66.0 Å². The summed E-state index contributed by atoms with van der Waals surface area (Å²) in [6, 6.07) is 1.76. The van der Waals surface area contributed by atoms with Crippen LogP contribution in [0.3, 0.4) is 0 Å². The number of nitrogens with zero attached hydrogens (tertiary/aromatic N) is 4. The summed E-state index contributed by atoms with van der Waals surface area (Å²) in [5.74, 6) is 2.23. The van der Waals surface area contributed by atoms with Crippen LogP contribution in [0.4, 0.5) is 0 Å². The minimum Gasteiger partial charge on any atom is -0.478 e. The molecule has 0 fully saturated rings. The molecule has 2 rings (SSSR count). The standard InChI is InChI=1S/C13H20N4O2/c1-6-18-11-7-9(4)15-17(11)10(5)13-14-12(8(2)3)16-19-13/h7-8,10H,6H2,1-5H3. The van der Waals surface area contributed by atoms with E-state index >= 15 is 0 Å².